The summed E-state index contributed by atoms with van der Waals surface area (Å²) in [4.78, 5) is 6.56. The Balaban J connectivity index is 2.75. The number of aromatic nitrogens is 1. The van der Waals surface area contributed by atoms with E-state index < -0.39 is 6.43 Å². The number of alkyl halides is 2. The zero-order chi connectivity index (χ0) is 10.7. The molecule has 3 nitrogen and oxygen atoms in total. The molecule has 6 heteroatoms. The largest absolute Gasteiger partial charge is 0.345 e. The topological polar surface area (TPSA) is 42.2 Å². The molecule has 0 spiro atoms. The normalized spacial score (nSPS) is 11.0. The number of halogens is 2. The molecular formula is C8H13F2N3S. The van der Waals surface area contributed by atoms with Crippen LogP contribution in [0.3, 0.4) is 0 Å². The maximum absolute atomic E-state index is 12.1. The molecule has 1 rings (SSSR count). The molecule has 0 fully saturated rings. The molecule has 2 N–H and O–H groups in total. The molecule has 0 bridgehead atoms. The van der Waals surface area contributed by atoms with Crippen molar-refractivity contribution >= 4 is 16.5 Å². The highest BCUT2D eigenvalue weighted by Crippen LogP contribution is 2.24. The van der Waals surface area contributed by atoms with Crippen LogP contribution in [0.15, 0.2) is 0 Å². The number of hydrogen-bond acceptors (Lipinski definition) is 4. The summed E-state index contributed by atoms with van der Waals surface area (Å²) in [6.45, 7) is 1.95. The van der Waals surface area contributed by atoms with Gasteiger partial charge in [-0.1, -0.05) is 0 Å². The summed E-state index contributed by atoms with van der Waals surface area (Å²) < 4.78 is 24.1. The second-order valence-electron chi connectivity index (χ2n) is 2.98. The van der Waals surface area contributed by atoms with E-state index in [0.29, 0.717) is 11.7 Å². The number of anilines is 1. The minimum Gasteiger partial charge on any atom is -0.345 e. The van der Waals surface area contributed by atoms with Gasteiger partial charge in [0.25, 0.3) is 6.43 Å². The zero-order valence-electron chi connectivity index (χ0n) is 8.13. The molecule has 1 aromatic rings. The van der Waals surface area contributed by atoms with Gasteiger partial charge in [-0.05, 0) is 6.92 Å². The molecular weight excluding hydrogens is 208 g/mol. The monoisotopic (exact) mass is 221 g/mol. The fourth-order valence-corrected chi connectivity index (χ4v) is 1.96. The zero-order valence-corrected chi connectivity index (χ0v) is 8.94. The summed E-state index contributed by atoms with van der Waals surface area (Å²) in [6, 6.07) is 0. The van der Waals surface area contributed by atoms with E-state index in [1.807, 2.05) is 6.92 Å². The van der Waals surface area contributed by atoms with Crippen LogP contribution in [0.25, 0.3) is 0 Å². The van der Waals surface area contributed by atoms with E-state index in [-0.39, 0.29) is 6.54 Å². The van der Waals surface area contributed by atoms with Crippen LogP contribution in [0.4, 0.5) is 13.9 Å². The molecule has 0 radical (unpaired) electrons. The second-order valence-corrected chi connectivity index (χ2v) is 4.04. The van der Waals surface area contributed by atoms with E-state index in [9.17, 15) is 8.78 Å². The number of rotatable bonds is 4. The Labute approximate surface area is 85.5 Å². The first-order valence-electron chi connectivity index (χ1n) is 4.20. The lowest BCUT2D eigenvalue weighted by atomic mass is 10.4. The molecule has 0 saturated heterocycles. The summed E-state index contributed by atoms with van der Waals surface area (Å²) in [5.41, 5.74) is 6.30. The van der Waals surface area contributed by atoms with Crippen LogP contribution >= 0.6 is 11.3 Å². The van der Waals surface area contributed by atoms with Gasteiger partial charge >= 0.3 is 0 Å². The van der Waals surface area contributed by atoms with Gasteiger partial charge in [-0.25, -0.2) is 13.8 Å². The third-order valence-corrected chi connectivity index (χ3v) is 3.10. The molecule has 0 amide bonds. The van der Waals surface area contributed by atoms with Crippen molar-refractivity contribution in [2.75, 3.05) is 18.5 Å². The minimum absolute atomic E-state index is 0.295. The van der Waals surface area contributed by atoms with Crippen molar-refractivity contribution < 1.29 is 8.78 Å². The Morgan fingerprint density at radius 3 is 2.64 bits per heavy atom. The SMILES string of the molecule is Cc1nc(N(C)CC(F)F)sc1CN. The summed E-state index contributed by atoms with van der Waals surface area (Å²) in [5, 5.41) is 0.600. The Morgan fingerprint density at radius 1 is 1.57 bits per heavy atom. The van der Waals surface area contributed by atoms with Gasteiger partial charge in [0.1, 0.15) is 0 Å². The van der Waals surface area contributed by atoms with E-state index in [1.165, 1.54) is 16.2 Å². The van der Waals surface area contributed by atoms with Gasteiger partial charge < -0.3 is 10.6 Å². The second kappa shape index (κ2) is 4.65. The third-order valence-electron chi connectivity index (χ3n) is 1.81. The predicted molar refractivity (Wildman–Crippen MR) is 54.0 cm³/mol. The highest BCUT2D eigenvalue weighted by molar-refractivity contribution is 7.15. The highest BCUT2D eigenvalue weighted by atomic mass is 32.1. The van der Waals surface area contributed by atoms with Crippen molar-refractivity contribution in [3.05, 3.63) is 10.6 Å². The molecule has 0 aliphatic carbocycles. The average Bonchev–Trinajstić information content (AvgIpc) is 2.45. The van der Waals surface area contributed by atoms with Gasteiger partial charge in [-0.3, -0.25) is 0 Å². The Kier molecular flexibility index (Phi) is 3.77. The van der Waals surface area contributed by atoms with Crippen molar-refractivity contribution in [3.8, 4) is 0 Å². The predicted octanol–water partition coefficient (Wildman–Crippen LogP) is 1.61. The van der Waals surface area contributed by atoms with Crippen LogP contribution in [0.2, 0.25) is 0 Å². The Morgan fingerprint density at radius 2 is 2.21 bits per heavy atom. The Hall–Kier alpha value is -0.750. The fraction of sp³-hybridized carbons (Fsp3) is 0.625. The van der Waals surface area contributed by atoms with Crippen molar-refractivity contribution in [2.24, 2.45) is 5.73 Å². The van der Waals surface area contributed by atoms with Crippen LogP contribution in [-0.2, 0) is 6.54 Å². The maximum Gasteiger partial charge on any atom is 0.255 e. The van der Waals surface area contributed by atoms with Crippen LogP contribution < -0.4 is 10.6 Å². The molecule has 1 heterocycles. The van der Waals surface area contributed by atoms with Crippen LogP contribution in [-0.4, -0.2) is 25.0 Å². The van der Waals surface area contributed by atoms with E-state index in [2.05, 4.69) is 4.98 Å². The molecule has 0 atom stereocenters. The molecule has 14 heavy (non-hydrogen) atoms. The van der Waals surface area contributed by atoms with Crippen LogP contribution in [0, 0.1) is 6.92 Å². The fourth-order valence-electron chi connectivity index (χ4n) is 1.05. The molecule has 0 aromatic carbocycles. The number of aryl methyl sites for hydroxylation is 1. The van der Waals surface area contributed by atoms with Crippen molar-refractivity contribution in [3.63, 3.8) is 0 Å². The van der Waals surface area contributed by atoms with Crippen LogP contribution in [0.1, 0.15) is 10.6 Å². The molecule has 0 saturated carbocycles. The van der Waals surface area contributed by atoms with E-state index in [1.54, 1.807) is 7.05 Å². The van der Waals surface area contributed by atoms with Crippen molar-refractivity contribution in [2.45, 2.75) is 19.9 Å². The summed E-state index contributed by atoms with van der Waals surface area (Å²) in [5.74, 6) is 0. The lowest BCUT2D eigenvalue weighted by Gasteiger charge is -2.14. The van der Waals surface area contributed by atoms with Gasteiger partial charge in [0.15, 0.2) is 5.13 Å². The quantitative estimate of drug-likeness (QED) is 0.840. The van der Waals surface area contributed by atoms with Gasteiger partial charge in [0.05, 0.1) is 12.2 Å². The van der Waals surface area contributed by atoms with Crippen molar-refractivity contribution in [1.82, 2.24) is 4.98 Å². The van der Waals surface area contributed by atoms with Gasteiger partial charge in [-0.15, -0.1) is 11.3 Å². The summed E-state index contributed by atoms with van der Waals surface area (Å²) in [6.07, 6.45) is -2.34. The van der Waals surface area contributed by atoms with Crippen LogP contribution in [0.5, 0.6) is 0 Å². The first kappa shape index (κ1) is 11.3. The molecule has 1 aromatic heterocycles. The van der Waals surface area contributed by atoms with E-state index in [4.69, 9.17) is 5.73 Å². The van der Waals surface area contributed by atoms with Gasteiger partial charge in [0, 0.05) is 18.5 Å². The smallest absolute Gasteiger partial charge is 0.255 e. The van der Waals surface area contributed by atoms with Gasteiger partial charge in [0.2, 0.25) is 0 Å². The molecule has 0 aliphatic heterocycles. The lowest BCUT2D eigenvalue weighted by Crippen LogP contribution is -2.23. The number of nitrogens with two attached hydrogens (primary N) is 1. The number of hydrogen-bond donors (Lipinski definition) is 1. The summed E-state index contributed by atoms with van der Waals surface area (Å²) in [7, 11) is 1.60. The van der Waals surface area contributed by atoms with Crippen molar-refractivity contribution in [1.29, 1.82) is 0 Å². The number of thiazole rings is 1. The Bertz CT molecular complexity index is 301. The molecule has 0 unspecified atom stereocenters. The average molecular weight is 221 g/mol. The lowest BCUT2D eigenvalue weighted by molar-refractivity contribution is 0.156. The minimum atomic E-state index is -2.34. The standard InChI is InChI=1S/C8H13F2N3S/c1-5-6(3-11)14-8(12-5)13(2)4-7(9)10/h7H,3-4,11H2,1-2H3. The van der Waals surface area contributed by atoms with E-state index >= 15 is 0 Å². The third kappa shape index (κ3) is 2.62. The first-order chi connectivity index (χ1) is 6.54. The molecule has 0 aliphatic rings. The summed E-state index contributed by atoms with van der Waals surface area (Å²) >= 11 is 1.37. The first-order valence-corrected chi connectivity index (χ1v) is 5.02. The van der Waals surface area contributed by atoms with Gasteiger partial charge in [-0.2, -0.15) is 0 Å². The molecule has 80 valence electrons. The number of nitrogens with zero attached hydrogens (tertiary/aromatic N) is 2. The maximum atomic E-state index is 12.1. The van der Waals surface area contributed by atoms with E-state index in [0.717, 1.165) is 10.6 Å². The highest BCUT2D eigenvalue weighted by Gasteiger charge is 2.13.